The van der Waals surface area contributed by atoms with Crippen molar-refractivity contribution in [3.05, 3.63) is 0 Å². The summed E-state index contributed by atoms with van der Waals surface area (Å²) in [6, 6.07) is 0. The second-order valence-electron chi connectivity index (χ2n) is 6.24. The van der Waals surface area contributed by atoms with Gasteiger partial charge in [0.1, 0.15) is 5.78 Å². The predicted molar refractivity (Wildman–Crippen MR) is 74.1 cm³/mol. The van der Waals surface area contributed by atoms with Crippen molar-refractivity contribution < 1.29 is 4.79 Å². The first kappa shape index (κ1) is 14.7. The number of hydrogen-bond acceptors (Lipinski definition) is 1. The van der Waals surface area contributed by atoms with E-state index in [4.69, 9.17) is 0 Å². The first-order valence-corrected chi connectivity index (χ1v) is 7.70. The molecule has 1 rings (SSSR count). The van der Waals surface area contributed by atoms with Gasteiger partial charge in [0.2, 0.25) is 0 Å². The predicted octanol–water partition coefficient (Wildman–Crippen LogP) is 5.13. The van der Waals surface area contributed by atoms with E-state index in [0.29, 0.717) is 5.78 Å². The summed E-state index contributed by atoms with van der Waals surface area (Å²) in [5.74, 6) is 2.07. The quantitative estimate of drug-likeness (QED) is 0.536. The molecule has 0 radical (unpaired) electrons. The Hall–Kier alpha value is -0.330. The fraction of sp³-hybridized carbons (Fsp3) is 0.938. The minimum Gasteiger partial charge on any atom is -0.300 e. The highest BCUT2D eigenvalue weighted by molar-refractivity contribution is 5.78. The molecule has 0 unspecified atom stereocenters. The van der Waals surface area contributed by atoms with E-state index in [2.05, 4.69) is 13.8 Å². The van der Waals surface area contributed by atoms with Gasteiger partial charge in [-0.15, -0.1) is 0 Å². The van der Waals surface area contributed by atoms with Crippen LogP contribution in [0.3, 0.4) is 0 Å². The van der Waals surface area contributed by atoms with E-state index in [1.54, 1.807) is 0 Å². The molecule has 1 fully saturated rings. The smallest absolute Gasteiger partial charge is 0.133 e. The Labute approximate surface area is 107 Å². The van der Waals surface area contributed by atoms with Gasteiger partial charge in [-0.3, -0.25) is 4.79 Å². The second kappa shape index (κ2) is 8.72. The Balaban J connectivity index is 1.97. The maximum Gasteiger partial charge on any atom is 0.133 e. The number of carbonyl (C=O) groups excluding carboxylic acids is 1. The molecule has 17 heavy (non-hydrogen) atoms. The van der Waals surface area contributed by atoms with Gasteiger partial charge in [0.15, 0.2) is 0 Å². The van der Waals surface area contributed by atoms with E-state index >= 15 is 0 Å². The maximum atomic E-state index is 11.8. The average molecular weight is 238 g/mol. The highest BCUT2D eigenvalue weighted by Gasteiger charge is 2.16. The molecule has 1 aliphatic rings. The van der Waals surface area contributed by atoms with Crippen LogP contribution in [0.25, 0.3) is 0 Å². The van der Waals surface area contributed by atoms with Gasteiger partial charge in [-0.2, -0.15) is 0 Å². The van der Waals surface area contributed by atoms with Crippen molar-refractivity contribution in [2.75, 3.05) is 0 Å². The standard InChI is InChI=1S/C16H30O/c1-14(2)9-5-3-8-12-16(17)13-15-10-6-4-7-11-15/h14-15H,3-13H2,1-2H3. The lowest BCUT2D eigenvalue weighted by Gasteiger charge is -2.20. The summed E-state index contributed by atoms with van der Waals surface area (Å²) in [5.41, 5.74) is 0. The monoisotopic (exact) mass is 238 g/mol. The lowest BCUT2D eigenvalue weighted by atomic mass is 9.85. The number of Topliss-reactive ketones (excluding diaryl/α,β-unsaturated/α-hetero) is 1. The van der Waals surface area contributed by atoms with Crippen LogP contribution in [0.4, 0.5) is 0 Å². The van der Waals surface area contributed by atoms with Gasteiger partial charge in [-0.05, 0) is 18.3 Å². The lowest BCUT2D eigenvalue weighted by Crippen LogP contribution is -2.11. The number of rotatable bonds is 8. The number of ketones is 1. The van der Waals surface area contributed by atoms with Crippen LogP contribution in [0.1, 0.15) is 84.5 Å². The molecule has 0 N–H and O–H groups in total. The van der Waals surface area contributed by atoms with Crippen molar-refractivity contribution in [2.45, 2.75) is 84.5 Å². The van der Waals surface area contributed by atoms with Crippen LogP contribution in [0.5, 0.6) is 0 Å². The molecular weight excluding hydrogens is 208 g/mol. The molecule has 0 heterocycles. The molecule has 100 valence electrons. The van der Waals surface area contributed by atoms with Crippen molar-refractivity contribution >= 4 is 5.78 Å². The van der Waals surface area contributed by atoms with Gasteiger partial charge in [0.25, 0.3) is 0 Å². The van der Waals surface area contributed by atoms with Gasteiger partial charge in [-0.1, -0.05) is 65.2 Å². The summed E-state index contributed by atoms with van der Waals surface area (Å²) in [5, 5.41) is 0. The first-order chi connectivity index (χ1) is 8.18. The fourth-order valence-electron chi connectivity index (χ4n) is 2.87. The number of hydrogen-bond donors (Lipinski definition) is 0. The highest BCUT2D eigenvalue weighted by atomic mass is 16.1. The minimum absolute atomic E-state index is 0.529. The SMILES string of the molecule is CC(C)CCCCCC(=O)CC1CCCCC1. The third-order valence-electron chi connectivity index (χ3n) is 3.98. The van der Waals surface area contributed by atoms with Crippen LogP contribution in [0.15, 0.2) is 0 Å². The average Bonchev–Trinajstić information content (AvgIpc) is 2.29. The van der Waals surface area contributed by atoms with E-state index in [1.807, 2.05) is 0 Å². The number of carbonyl (C=O) groups is 1. The molecule has 0 bridgehead atoms. The largest absolute Gasteiger partial charge is 0.300 e. The Kier molecular flexibility index (Phi) is 7.55. The van der Waals surface area contributed by atoms with Crippen LogP contribution in [0.2, 0.25) is 0 Å². The van der Waals surface area contributed by atoms with Crippen LogP contribution >= 0.6 is 0 Å². The fourth-order valence-corrected chi connectivity index (χ4v) is 2.87. The summed E-state index contributed by atoms with van der Waals surface area (Å²) >= 11 is 0. The topological polar surface area (TPSA) is 17.1 Å². The van der Waals surface area contributed by atoms with Crippen LogP contribution < -0.4 is 0 Å². The van der Waals surface area contributed by atoms with Crippen molar-refractivity contribution in [3.8, 4) is 0 Å². The van der Waals surface area contributed by atoms with E-state index < -0.39 is 0 Å². The molecule has 1 heteroatoms. The maximum absolute atomic E-state index is 11.8. The highest BCUT2D eigenvalue weighted by Crippen LogP contribution is 2.27. The van der Waals surface area contributed by atoms with E-state index in [9.17, 15) is 4.79 Å². The first-order valence-electron chi connectivity index (χ1n) is 7.70. The summed E-state index contributed by atoms with van der Waals surface area (Å²) in [7, 11) is 0. The normalized spacial score (nSPS) is 17.6. The molecule has 0 amide bonds. The Bertz CT molecular complexity index is 202. The van der Waals surface area contributed by atoms with Crippen molar-refractivity contribution in [3.63, 3.8) is 0 Å². The minimum atomic E-state index is 0.529. The molecule has 0 saturated heterocycles. The van der Waals surface area contributed by atoms with E-state index in [-0.39, 0.29) is 0 Å². The molecule has 0 aromatic rings. The molecule has 1 nitrogen and oxygen atoms in total. The van der Waals surface area contributed by atoms with Gasteiger partial charge < -0.3 is 0 Å². The van der Waals surface area contributed by atoms with E-state index in [1.165, 1.54) is 51.4 Å². The zero-order valence-electron chi connectivity index (χ0n) is 11.8. The lowest BCUT2D eigenvalue weighted by molar-refractivity contribution is -0.120. The van der Waals surface area contributed by atoms with Gasteiger partial charge in [0, 0.05) is 12.8 Å². The zero-order chi connectivity index (χ0) is 12.5. The van der Waals surface area contributed by atoms with Crippen LogP contribution in [-0.2, 0) is 4.79 Å². The molecule has 0 aliphatic heterocycles. The summed E-state index contributed by atoms with van der Waals surface area (Å²) in [6.45, 7) is 4.54. The van der Waals surface area contributed by atoms with Gasteiger partial charge in [-0.25, -0.2) is 0 Å². The third kappa shape index (κ3) is 7.57. The third-order valence-corrected chi connectivity index (χ3v) is 3.98. The summed E-state index contributed by atoms with van der Waals surface area (Å²) in [4.78, 5) is 11.8. The Morgan fingerprint density at radius 2 is 1.76 bits per heavy atom. The van der Waals surface area contributed by atoms with Gasteiger partial charge in [0.05, 0.1) is 0 Å². The molecule has 0 spiro atoms. The second-order valence-corrected chi connectivity index (χ2v) is 6.24. The molecule has 1 aliphatic carbocycles. The summed E-state index contributed by atoms with van der Waals surface area (Å²) < 4.78 is 0. The van der Waals surface area contributed by atoms with Crippen molar-refractivity contribution in [1.29, 1.82) is 0 Å². The zero-order valence-corrected chi connectivity index (χ0v) is 11.8. The van der Waals surface area contributed by atoms with Crippen LogP contribution in [-0.4, -0.2) is 5.78 Å². The van der Waals surface area contributed by atoms with E-state index in [0.717, 1.165) is 31.1 Å². The Morgan fingerprint density at radius 1 is 1.06 bits per heavy atom. The van der Waals surface area contributed by atoms with Crippen molar-refractivity contribution in [1.82, 2.24) is 0 Å². The summed E-state index contributed by atoms with van der Waals surface area (Å²) in [6.07, 6.45) is 13.4. The molecule has 0 atom stereocenters. The molecule has 0 aromatic carbocycles. The van der Waals surface area contributed by atoms with Crippen molar-refractivity contribution in [2.24, 2.45) is 11.8 Å². The Morgan fingerprint density at radius 3 is 2.41 bits per heavy atom. The molecule has 1 saturated carbocycles. The molecule has 0 aromatic heterocycles. The molecular formula is C16H30O. The van der Waals surface area contributed by atoms with Gasteiger partial charge >= 0.3 is 0 Å². The number of unbranched alkanes of at least 4 members (excludes halogenated alkanes) is 2. The van der Waals surface area contributed by atoms with Crippen LogP contribution in [0, 0.1) is 11.8 Å².